The van der Waals surface area contributed by atoms with E-state index in [0.717, 1.165) is 23.3 Å². The maximum atomic E-state index is 12.1. The summed E-state index contributed by atoms with van der Waals surface area (Å²) in [4.78, 5) is 0. The van der Waals surface area contributed by atoms with E-state index in [2.05, 4.69) is 0 Å². The second-order valence-electron chi connectivity index (χ2n) is 4.23. The van der Waals surface area contributed by atoms with Crippen molar-refractivity contribution in [2.45, 2.75) is 31.5 Å². The highest BCUT2D eigenvalue weighted by molar-refractivity contribution is 5.40. The molecule has 1 aromatic rings. The molecule has 1 heterocycles. The molecule has 0 fully saturated rings. The molecule has 2 N–H and O–H groups in total. The Morgan fingerprint density at radius 1 is 1.35 bits per heavy atom. The molecule has 1 atom stereocenters. The summed E-state index contributed by atoms with van der Waals surface area (Å²) in [6.07, 6.45) is -4.27. The molecule has 0 unspecified atom stereocenters. The minimum Gasteiger partial charge on any atom is -0.493 e. The van der Waals surface area contributed by atoms with Crippen molar-refractivity contribution < 1.29 is 17.9 Å². The molecule has 0 amide bonds. The van der Waals surface area contributed by atoms with Crippen LogP contribution in [0.2, 0.25) is 0 Å². The number of halogens is 3. The molecule has 0 saturated carbocycles. The Bertz CT molecular complexity index is 403. The molecule has 1 aliphatic heterocycles. The highest BCUT2D eigenvalue weighted by Gasteiger charge is 2.28. The van der Waals surface area contributed by atoms with E-state index in [9.17, 15) is 13.2 Å². The Morgan fingerprint density at radius 2 is 2.12 bits per heavy atom. The molecule has 94 valence electrons. The lowest BCUT2D eigenvalue weighted by Crippen LogP contribution is -2.15. The first kappa shape index (κ1) is 12.2. The zero-order chi connectivity index (χ0) is 12.5. The molecule has 0 aromatic heterocycles. The minimum absolute atomic E-state index is 0.0802. The molecule has 2 rings (SSSR count). The first-order valence-corrected chi connectivity index (χ1v) is 5.54. The van der Waals surface area contributed by atoms with E-state index < -0.39 is 18.6 Å². The van der Waals surface area contributed by atoms with E-state index in [-0.39, 0.29) is 6.42 Å². The van der Waals surface area contributed by atoms with Gasteiger partial charge in [-0.2, -0.15) is 13.2 Å². The lowest BCUT2D eigenvalue weighted by atomic mass is 9.99. The Hall–Kier alpha value is -1.23. The van der Waals surface area contributed by atoms with Crippen LogP contribution in [0.4, 0.5) is 13.2 Å². The molecule has 5 heteroatoms. The van der Waals surface area contributed by atoms with Crippen molar-refractivity contribution in [2.75, 3.05) is 6.61 Å². The van der Waals surface area contributed by atoms with E-state index in [1.807, 2.05) is 6.07 Å². The van der Waals surface area contributed by atoms with Crippen LogP contribution in [0.15, 0.2) is 18.2 Å². The molecule has 0 radical (unpaired) electrons. The SMILES string of the molecule is N[C@H](CCC(F)(F)F)c1ccc2c(c1)CCO2. The Balaban J connectivity index is 2.02. The van der Waals surface area contributed by atoms with Crippen molar-refractivity contribution in [3.8, 4) is 5.75 Å². The number of rotatable bonds is 3. The van der Waals surface area contributed by atoms with Crippen molar-refractivity contribution in [3.63, 3.8) is 0 Å². The summed E-state index contributed by atoms with van der Waals surface area (Å²) < 4.78 is 41.6. The van der Waals surface area contributed by atoms with Crippen LogP contribution in [0, 0.1) is 0 Å². The van der Waals surface area contributed by atoms with Crippen molar-refractivity contribution >= 4 is 0 Å². The van der Waals surface area contributed by atoms with Crippen molar-refractivity contribution in [1.82, 2.24) is 0 Å². The van der Waals surface area contributed by atoms with Crippen molar-refractivity contribution in [3.05, 3.63) is 29.3 Å². The zero-order valence-electron chi connectivity index (χ0n) is 9.26. The minimum atomic E-state index is -4.14. The van der Waals surface area contributed by atoms with E-state index in [1.54, 1.807) is 12.1 Å². The third kappa shape index (κ3) is 3.12. The lowest BCUT2D eigenvalue weighted by molar-refractivity contribution is -0.136. The first-order valence-electron chi connectivity index (χ1n) is 5.54. The monoisotopic (exact) mass is 245 g/mol. The predicted octanol–water partition coefficient (Wildman–Crippen LogP) is 2.96. The molecule has 0 bridgehead atoms. The standard InChI is InChI=1S/C12H14F3NO/c13-12(14,15)5-3-10(16)8-1-2-11-9(7-8)4-6-17-11/h1-2,7,10H,3-6,16H2/t10-/m1/s1. The molecule has 1 aliphatic rings. The summed E-state index contributed by atoms with van der Waals surface area (Å²) in [5.41, 5.74) is 7.54. The van der Waals surface area contributed by atoms with Crippen LogP contribution in [-0.2, 0) is 6.42 Å². The second-order valence-corrected chi connectivity index (χ2v) is 4.23. The summed E-state index contributed by atoms with van der Waals surface area (Å²) in [5.74, 6) is 0.816. The molecule has 0 aliphatic carbocycles. The van der Waals surface area contributed by atoms with Crippen LogP contribution >= 0.6 is 0 Å². The summed E-state index contributed by atoms with van der Waals surface area (Å²) in [5, 5.41) is 0. The molecule has 2 nitrogen and oxygen atoms in total. The van der Waals surface area contributed by atoms with Crippen LogP contribution < -0.4 is 10.5 Å². The van der Waals surface area contributed by atoms with Crippen molar-refractivity contribution in [1.29, 1.82) is 0 Å². The average Bonchev–Trinajstić information content (AvgIpc) is 2.71. The van der Waals surface area contributed by atoms with Gasteiger partial charge in [0.2, 0.25) is 0 Å². The fraction of sp³-hybridized carbons (Fsp3) is 0.500. The van der Waals surface area contributed by atoms with Crippen LogP contribution in [-0.4, -0.2) is 12.8 Å². The number of nitrogens with two attached hydrogens (primary N) is 1. The van der Waals surface area contributed by atoms with Gasteiger partial charge >= 0.3 is 6.18 Å². The molecular formula is C12H14F3NO. The highest BCUT2D eigenvalue weighted by atomic mass is 19.4. The maximum absolute atomic E-state index is 12.1. The van der Waals surface area contributed by atoms with Gasteiger partial charge in [0.05, 0.1) is 6.61 Å². The van der Waals surface area contributed by atoms with Crippen LogP contribution in [0.1, 0.15) is 30.0 Å². The average molecular weight is 245 g/mol. The maximum Gasteiger partial charge on any atom is 0.389 e. The van der Waals surface area contributed by atoms with Gasteiger partial charge in [-0.05, 0) is 23.6 Å². The van der Waals surface area contributed by atoms with Gasteiger partial charge in [0, 0.05) is 18.9 Å². The molecule has 0 spiro atoms. The normalized spacial score (nSPS) is 16.5. The molecule has 0 saturated heterocycles. The van der Waals surface area contributed by atoms with Gasteiger partial charge in [0.25, 0.3) is 0 Å². The Kier molecular flexibility index (Phi) is 3.28. The number of fused-ring (bicyclic) bond motifs is 1. The van der Waals surface area contributed by atoms with E-state index in [0.29, 0.717) is 6.61 Å². The fourth-order valence-corrected chi connectivity index (χ4v) is 1.92. The summed E-state index contributed by atoms with van der Waals surface area (Å²) >= 11 is 0. The fourth-order valence-electron chi connectivity index (χ4n) is 1.92. The Morgan fingerprint density at radius 3 is 2.82 bits per heavy atom. The zero-order valence-corrected chi connectivity index (χ0v) is 9.26. The number of benzene rings is 1. The predicted molar refractivity (Wildman–Crippen MR) is 57.9 cm³/mol. The molecule has 1 aromatic carbocycles. The van der Waals surface area contributed by atoms with Gasteiger partial charge in [-0.25, -0.2) is 0 Å². The van der Waals surface area contributed by atoms with Crippen molar-refractivity contribution in [2.24, 2.45) is 5.73 Å². The topological polar surface area (TPSA) is 35.2 Å². The van der Waals surface area contributed by atoms with Gasteiger partial charge < -0.3 is 10.5 Å². The van der Waals surface area contributed by atoms with Gasteiger partial charge in [0.1, 0.15) is 5.75 Å². The largest absolute Gasteiger partial charge is 0.493 e. The summed E-state index contributed by atoms with van der Waals surface area (Å²) in [7, 11) is 0. The quantitative estimate of drug-likeness (QED) is 0.888. The molecular weight excluding hydrogens is 231 g/mol. The second kappa shape index (κ2) is 4.56. The first-order chi connectivity index (χ1) is 7.96. The van der Waals surface area contributed by atoms with E-state index >= 15 is 0 Å². The van der Waals surface area contributed by atoms with Gasteiger partial charge in [0.15, 0.2) is 0 Å². The number of hydrogen-bond donors (Lipinski definition) is 1. The third-order valence-corrected chi connectivity index (χ3v) is 2.88. The summed E-state index contributed by atoms with van der Waals surface area (Å²) in [6, 6.07) is 4.81. The van der Waals surface area contributed by atoms with E-state index in [4.69, 9.17) is 10.5 Å². The number of ether oxygens (including phenoxy) is 1. The van der Waals surface area contributed by atoms with Gasteiger partial charge in [-0.3, -0.25) is 0 Å². The third-order valence-electron chi connectivity index (χ3n) is 2.88. The number of hydrogen-bond acceptors (Lipinski definition) is 2. The molecule has 17 heavy (non-hydrogen) atoms. The number of alkyl halides is 3. The van der Waals surface area contributed by atoms with Gasteiger partial charge in [-0.1, -0.05) is 12.1 Å². The Labute approximate surface area is 97.6 Å². The van der Waals surface area contributed by atoms with Crippen LogP contribution in [0.3, 0.4) is 0 Å². The summed E-state index contributed by atoms with van der Waals surface area (Å²) in [6.45, 7) is 0.635. The lowest BCUT2D eigenvalue weighted by Gasteiger charge is -2.14. The van der Waals surface area contributed by atoms with Crippen LogP contribution in [0.5, 0.6) is 5.75 Å². The smallest absolute Gasteiger partial charge is 0.389 e. The van der Waals surface area contributed by atoms with E-state index in [1.165, 1.54) is 0 Å². The van der Waals surface area contributed by atoms with Crippen LogP contribution in [0.25, 0.3) is 0 Å². The highest BCUT2D eigenvalue weighted by Crippen LogP contribution is 2.30. The van der Waals surface area contributed by atoms with Gasteiger partial charge in [-0.15, -0.1) is 0 Å².